The monoisotopic (exact) mass is 399 g/mol. The highest BCUT2D eigenvalue weighted by Crippen LogP contribution is 2.28. The summed E-state index contributed by atoms with van der Waals surface area (Å²) < 4.78 is 7.84. The fraction of sp³-hybridized carbons (Fsp3) is 0.158. The third-order valence-electron chi connectivity index (χ3n) is 3.70. The van der Waals surface area contributed by atoms with Crippen LogP contribution in [0.25, 0.3) is 11.3 Å². The van der Waals surface area contributed by atoms with Gasteiger partial charge in [-0.05, 0) is 45.8 Å². The zero-order valence-electron chi connectivity index (χ0n) is 14.0. The third kappa shape index (κ3) is 4.28. The summed E-state index contributed by atoms with van der Waals surface area (Å²) in [5.74, 6) is 0.665. The third-order valence-corrected chi connectivity index (χ3v) is 4.28. The van der Waals surface area contributed by atoms with Crippen molar-refractivity contribution in [3.63, 3.8) is 0 Å². The van der Waals surface area contributed by atoms with Crippen molar-refractivity contribution in [3.05, 3.63) is 64.8 Å². The second-order valence-electron chi connectivity index (χ2n) is 5.66. The Morgan fingerprint density at radius 2 is 2.04 bits per heavy atom. The zero-order chi connectivity index (χ0) is 17.8. The molecule has 0 saturated carbocycles. The Labute approximate surface area is 154 Å². The molecule has 5 nitrogen and oxygen atoms in total. The van der Waals surface area contributed by atoms with Crippen molar-refractivity contribution in [2.75, 3.05) is 12.4 Å². The predicted octanol–water partition coefficient (Wildman–Crippen LogP) is 4.04. The molecule has 3 rings (SSSR count). The first-order chi connectivity index (χ1) is 12.0. The van der Waals surface area contributed by atoms with Gasteiger partial charge < -0.3 is 10.1 Å². The summed E-state index contributed by atoms with van der Waals surface area (Å²) in [4.78, 5) is 12.3. The minimum atomic E-state index is -0.0783. The van der Waals surface area contributed by atoms with E-state index < -0.39 is 0 Å². The van der Waals surface area contributed by atoms with Crippen LogP contribution >= 0.6 is 15.9 Å². The van der Waals surface area contributed by atoms with Crippen LogP contribution in [0.5, 0.6) is 5.75 Å². The Morgan fingerprint density at radius 1 is 1.24 bits per heavy atom. The number of carbonyl (C=O) groups is 1. The van der Waals surface area contributed by atoms with E-state index in [1.165, 1.54) is 0 Å². The minimum absolute atomic E-state index is 0.0783. The molecule has 0 aliphatic heterocycles. The fourth-order valence-corrected chi connectivity index (χ4v) is 3.18. The second-order valence-corrected chi connectivity index (χ2v) is 6.51. The van der Waals surface area contributed by atoms with E-state index in [9.17, 15) is 4.79 Å². The van der Waals surface area contributed by atoms with Crippen LogP contribution in [-0.4, -0.2) is 22.8 Å². The lowest BCUT2D eigenvalue weighted by Crippen LogP contribution is -2.14. The van der Waals surface area contributed by atoms with Crippen molar-refractivity contribution in [2.24, 2.45) is 7.05 Å². The van der Waals surface area contributed by atoms with Gasteiger partial charge in [0.15, 0.2) is 0 Å². The van der Waals surface area contributed by atoms with Crippen LogP contribution in [0.3, 0.4) is 0 Å². The van der Waals surface area contributed by atoms with Gasteiger partial charge in [-0.25, -0.2) is 0 Å². The highest BCUT2D eigenvalue weighted by Gasteiger charge is 2.10. The molecule has 128 valence electrons. The summed E-state index contributed by atoms with van der Waals surface area (Å²) in [6.45, 7) is 0. The number of benzene rings is 2. The quantitative estimate of drug-likeness (QED) is 0.704. The standard InChI is InChI=1S/C19H18BrN3O2/c1-23-12-17(20)19(22-23)14-6-4-7-15(11-14)21-18(24)10-13-5-3-8-16(9-13)25-2/h3-9,11-12H,10H2,1-2H3,(H,21,24). The summed E-state index contributed by atoms with van der Waals surface area (Å²) in [6.07, 6.45) is 2.18. The van der Waals surface area contributed by atoms with Crippen molar-refractivity contribution in [1.29, 1.82) is 0 Å². The Hall–Kier alpha value is -2.60. The van der Waals surface area contributed by atoms with Crippen molar-refractivity contribution in [2.45, 2.75) is 6.42 Å². The molecule has 0 bridgehead atoms. The number of hydrogen-bond donors (Lipinski definition) is 1. The molecule has 25 heavy (non-hydrogen) atoms. The topological polar surface area (TPSA) is 56.1 Å². The van der Waals surface area contributed by atoms with E-state index in [0.29, 0.717) is 0 Å². The lowest BCUT2D eigenvalue weighted by Gasteiger charge is -2.08. The molecule has 0 radical (unpaired) electrons. The first kappa shape index (κ1) is 17.2. The summed E-state index contributed by atoms with van der Waals surface area (Å²) in [7, 11) is 3.48. The van der Waals surface area contributed by atoms with Crippen molar-refractivity contribution >= 4 is 27.5 Å². The molecular formula is C19H18BrN3O2. The fourth-order valence-electron chi connectivity index (χ4n) is 2.57. The summed E-state index contributed by atoms with van der Waals surface area (Å²) in [5.41, 5.74) is 3.42. The summed E-state index contributed by atoms with van der Waals surface area (Å²) >= 11 is 3.50. The van der Waals surface area contributed by atoms with Gasteiger partial charge in [-0.1, -0.05) is 24.3 Å². The zero-order valence-corrected chi connectivity index (χ0v) is 15.6. The van der Waals surface area contributed by atoms with E-state index in [1.807, 2.05) is 61.8 Å². The number of carbonyl (C=O) groups excluding carboxylic acids is 1. The average molecular weight is 400 g/mol. The van der Waals surface area contributed by atoms with Gasteiger partial charge in [0, 0.05) is 24.5 Å². The van der Waals surface area contributed by atoms with Crippen LogP contribution in [0.2, 0.25) is 0 Å². The lowest BCUT2D eigenvalue weighted by atomic mass is 10.1. The van der Waals surface area contributed by atoms with Gasteiger partial charge in [0.25, 0.3) is 0 Å². The maximum absolute atomic E-state index is 12.3. The number of amides is 1. The van der Waals surface area contributed by atoms with Crippen molar-refractivity contribution in [3.8, 4) is 17.0 Å². The van der Waals surface area contributed by atoms with E-state index >= 15 is 0 Å². The van der Waals surface area contributed by atoms with Crippen molar-refractivity contribution < 1.29 is 9.53 Å². The molecule has 6 heteroatoms. The average Bonchev–Trinajstić information content (AvgIpc) is 2.93. The number of methoxy groups -OCH3 is 1. The molecule has 0 atom stereocenters. The molecular weight excluding hydrogens is 382 g/mol. The van der Waals surface area contributed by atoms with Gasteiger partial charge >= 0.3 is 0 Å². The normalized spacial score (nSPS) is 10.5. The minimum Gasteiger partial charge on any atom is -0.497 e. The molecule has 1 heterocycles. The van der Waals surface area contributed by atoms with Crippen LogP contribution in [0.1, 0.15) is 5.56 Å². The second kappa shape index (κ2) is 7.53. The molecule has 0 spiro atoms. The number of rotatable bonds is 5. The Morgan fingerprint density at radius 3 is 2.76 bits per heavy atom. The Kier molecular flexibility index (Phi) is 5.19. The van der Waals surface area contributed by atoms with Gasteiger partial charge in [0.05, 0.1) is 18.0 Å². The van der Waals surface area contributed by atoms with Crippen LogP contribution in [0.15, 0.2) is 59.2 Å². The van der Waals surface area contributed by atoms with E-state index in [0.717, 1.165) is 32.7 Å². The number of hydrogen-bond acceptors (Lipinski definition) is 3. The summed E-state index contributed by atoms with van der Waals surface area (Å²) in [5, 5.41) is 7.37. The van der Waals surface area contributed by atoms with E-state index in [-0.39, 0.29) is 12.3 Å². The predicted molar refractivity (Wildman–Crippen MR) is 102 cm³/mol. The van der Waals surface area contributed by atoms with E-state index in [4.69, 9.17) is 4.74 Å². The van der Waals surface area contributed by atoms with E-state index in [1.54, 1.807) is 11.8 Å². The number of anilines is 1. The number of ether oxygens (including phenoxy) is 1. The Bertz CT molecular complexity index is 905. The summed E-state index contributed by atoms with van der Waals surface area (Å²) in [6, 6.07) is 15.1. The van der Waals surface area contributed by atoms with E-state index in [2.05, 4.69) is 26.3 Å². The van der Waals surface area contributed by atoms with Crippen LogP contribution in [0.4, 0.5) is 5.69 Å². The first-order valence-electron chi connectivity index (χ1n) is 7.77. The van der Waals surface area contributed by atoms with Gasteiger partial charge in [-0.15, -0.1) is 0 Å². The van der Waals surface area contributed by atoms with Gasteiger partial charge in [-0.3, -0.25) is 9.48 Å². The maximum Gasteiger partial charge on any atom is 0.228 e. The number of aromatic nitrogens is 2. The molecule has 1 aromatic heterocycles. The lowest BCUT2D eigenvalue weighted by molar-refractivity contribution is -0.115. The van der Waals surface area contributed by atoms with Crippen LogP contribution in [0, 0.1) is 0 Å². The SMILES string of the molecule is COc1cccc(CC(=O)Nc2cccc(-c3nn(C)cc3Br)c2)c1. The molecule has 3 aromatic rings. The molecule has 1 N–H and O–H groups in total. The molecule has 2 aromatic carbocycles. The molecule has 0 aliphatic carbocycles. The smallest absolute Gasteiger partial charge is 0.228 e. The highest BCUT2D eigenvalue weighted by atomic mass is 79.9. The molecule has 0 fully saturated rings. The molecule has 0 aliphatic rings. The number of halogens is 1. The molecule has 0 unspecified atom stereocenters. The largest absolute Gasteiger partial charge is 0.497 e. The number of nitrogens with zero attached hydrogens (tertiary/aromatic N) is 2. The number of nitrogens with one attached hydrogen (secondary N) is 1. The number of aryl methyl sites for hydroxylation is 1. The van der Waals surface area contributed by atoms with Gasteiger partial charge in [0.2, 0.25) is 5.91 Å². The Balaban J connectivity index is 1.73. The van der Waals surface area contributed by atoms with Gasteiger partial charge in [-0.2, -0.15) is 5.10 Å². The molecule has 1 amide bonds. The highest BCUT2D eigenvalue weighted by molar-refractivity contribution is 9.10. The van der Waals surface area contributed by atoms with Crippen LogP contribution < -0.4 is 10.1 Å². The maximum atomic E-state index is 12.3. The molecule has 0 saturated heterocycles. The van der Waals surface area contributed by atoms with Crippen LogP contribution in [-0.2, 0) is 18.3 Å². The van der Waals surface area contributed by atoms with Crippen molar-refractivity contribution in [1.82, 2.24) is 9.78 Å². The van der Waals surface area contributed by atoms with Gasteiger partial charge in [0.1, 0.15) is 11.4 Å². The first-order valence-corrected chi connectivity index (χ1v) is 8.57.